The minimum Gasteiger partial charge on any atom is -0.374 e. The van der Waals surface area contributed by atoms with Crippen molar-refractivity contribution in [2.45, 2.75) is 32.9 Å². The molecule has 0 fully saturated rings. The first-order valence-corrected chi connectivity index (χ1v) is 8.79. The van der Waals surface area contributed by atoms with Crippen molar-refractivity contribution in [1.29, 1.82) is 0 Å². The van der Waals surface area contributed by atoms with Crippen LogP contribution < -0.4 is 10.6 Å². The molecular formula is C19H29N5O. The zero-order chi connectivity index (χ0) is 17.9. The van der Waals surface area contributed by atoms with Crippen molar-refractivity contribution in [3.63, 3.8) is 0 Å². The lowest BCUT2D eigenvalue weighted by Crippen LogP contribution is -2.39. The molecule has 0 radical (unpaired) electrons. The Labute approximate surface area is 150 Å². The minimum atomic E-state index is 0.121. The van der Waals surface area contributed by atoms with E-state index in [2.05, 4.69) is 39.8 Å². The van der Waals surface area contributed by atoms with Gasteiger partial charge in [-0.2, -0.15) is 5.10 Å². The van der Waals surface area contributed by atoms with Gasteiger partial charge >= 0.3 is 0 Å². The molecule has 0 aliphatic rings. The third-order valence-electron chi connectivity index (χ3n) is 3.87. The third-order valence-corrected chi connectivity index (χ3v) is 3.87. The van der Waals surface area contributed by atoms with Gasteiger partial charge in [-0.05, 0) is 31.4 Å². The van der Waals surface area contributed by atoms with Crippen LogP contribution in [0, 0.1) is 6.92 Å². The van der Waals surface area contributed by atoms with E-state index >= 15 is 0 Å². The maximum atomic E-state index is 5.87. The van der Waals surface area contributed by atoms with Crippen molar-refractivity contribution < 1.29 is 4.74 Å². The Kier molecular flexibility index (Phi) is 7.98. The third kappa shape index (κ3) is 6.97. The van der Waals surface area contributed by atoms with Crippen LogP contribution in [0.2, 0.25) is 0 Å². The molecule has 0 spiro atoms. The van der Waals surface area contributed by atoms with Crippen LogP contribution in [0.5, 0.6) is 0 Å². The van der Waals surface area contributed by atoms with Gasteiger partial charge in [0.15, 0.2) is 5.96 Å². The molecular weight excluding hydrogens is 314 g/mol. The van der Waals surface area contributed by atoms with E-state index in [4.69, 9.17) is 4.74 Å². The van der Waals surface area contributed by atoms with Gasteiger partial charge in [0, 0.05) is 32.9 Å². The molecule has 1 aromatic heterocycles. The summed E-state index contributed by atoms with van der Waals surface area (Å²) in [5, 5.41) is 10.9. The SMILES string of the molecule is CN=C(NCCCOC(C)c1ccccc1)NCCn1cc(C)cn1. The summed E-state index contributed by atoms with van der Waals surface area (Å²) in [4.78, 5) is 4.23. The van der Waals surface area contributed by atoms with Crippen LogP contribution in [0.3, 0.4) is 0 Å². The summed E-state index contributed by atoms with van der Waals surface area (Å²) < 4.78 is 7.80. The van der Waals surface area contributed by atoms with Gasteiger partial charge in [-0.1, -0.05) is 30.3 Å². The Morgan fingerprint density at radius 1 is 1.24 bits per heavy atom. The van der Waals surface area contributed by atoms with E-state index in [0.29, 0.717) is 6.61 Å². The fourth-order valence-electron chi connectivity index (χ4n) is 2.46. The van der Waals surface area contributed by atoms with Crippen LogP contribution >= 0.6 is 0 Å². The van der Waals surface area contributed by atoms with Crippen LogP contribution in [0.25, 0.3) is 0 Å². The smallest absolute Gasteiger partial charge is 0.191 e. The molecule has 1 heterocycles. The summed E-state index contributed by atoms with van der Waals surface area (Å²) in [7, 11) is 1.78. The zero-order valence-electron chi connectivity index (χ0n) is 15.4. The molecule has 25 heavy (non-hydrogen) atoms. The van der Waals surface area contributed by atoms with Gasteiger partial charge in [0.05, 0.1) is 18.8 Å². The Morgan fingerprint density at radius 2 is 2.00 bits per heavy atom. The molecule has 2 rings (SSSR count). The first kappa shape index (κ1) is 19.0. The van der Waals surface area contributed by atoms with Gasteiger partial charge in [0.2, 0.25) is 0 Å². The molecule has 6 heteroatoms. The fourth-order valence-corrected chi connectivity index (χ4v) is 2.46. The second-order valence-corrected chi connectivity index (χ2v) is 5.98. The molecule has 0 aliphatic carbocycles. The Morgan fingerprint density at radius 3 is 2.68 bits per heavy atom. The number of rotatable bonds is 9. The molecule has 1 unspecified atom stereocenters. The number of aryl methyl sites for hydroxylation is 1. The van der Waals surface area contributed by atoms with Gasteiger partial charge in [0.25, 0.3) is 0 Å². The topological polar surface area (TPSA) is 63.5 Å². The lowest BCUT2D eigenvalue weighted by Gasteiger charge is -2.15. The molecule has 0 bridgehead atoms. The van der Waals surface area contributed by atoms with Gasteiger partial charge < -0.3 is 15.4 Å². The first-order chi connectivity index (χ1) is 12.2. The maximum absolute atomic E-state index is 5.87. The quantitative estimate of drug-likeness (QED) is 0.417. The van der Waals surface area contributed by atoms with Crippen LogP contribution in [0.15, 0.2) is 47.7 Å². The van der Waals surface area contributed by atoms with Gasteiger partial charge in [-0.15, -0.1) is 0 Å². The highest BCUT2D eigenvalue weighted by Gasteiger charge is 2.04. The summed E-state index contributed by atoms with van der Waals surface area (Å²) in [5.41, 5.74) is 2.38. The standard InChI is InChI=1S/C19H29N5O/c1-16-14-23-24(15-16)12-11-22-19(20-3)21-10-7-13-25-17(2)18-8-5-4-6-9-18/h4-6,8-9,14-15,17H,7,10-13H2,1-3H3,(H2,20,21,22). The summed E-state index contributed by atoms with van der Waals surface area (Å²) in [6, 6.07) is 10.3. The van der Waals surface area contributed by atoms with Crippen molar-refractivity contribution in [2.24, 2.45) is 4.99 Å². The molecule has 2 N–H and O–H groups in total. The van der Waals surface area contributed by atoms with Crippen molar-refractivity contribution >= 4 is 5.96 Å². The van der Waals surface area contributed by atoms with Crippen molar-refractivity contribution in [3.8, 4) is 0 Å². The van der Waals surface area contributed by atoms with Gasteiger partial charge in [-0.25, -0.2) is 0 Å². The number of hydrogen-bond donors (Lipinski definition) is 2. The second-order valence-electron chi connectivity index (χ2n) is 5.98. The number of aliphatic imine (C=N–C) groups is 1. The van der Waals surface area contributed by atoms with Crippen LogP contribution in [0.4, 0.5) is 0 Å². The fraction of sp³-hybridized carbons (Fsp3) is 0.474. The highest BCUT2D eigenvalue weighted by atomic mass is 16.5. The average Bonchev–Trinajstić information content (AvgIpc) is 3.05. The van der Waals surface area contributed by atoms with Crippen molar-refractivity contribution in [1.82, 2.24) is 20.4 Å². The molecule has 0 saturated carbocycles. The Hall–Kier alpha value is -2.34. The van der Waals surface area contributed by atoms with Crippen LogP contribution in [-0.2, 0) is 11.3 Å². The van der Waals surface area contributed by atoms with Gasteiger partial charge in [-0.3, -0.25) is 9.67 Å². The molecule has 0 saturated heterocycles. The number of guanidine groups is 1. The summed E-state index contributed by atoms with van der Waals surface area (Å²) in [5.74, 6) is 0.806. The number of hydrogen-bond acceptors (Lipinski definition) is 3. The van der Waals surface area contributed by atoms with Crippen LogP contribution in [0.1, 0.15) is 30.6 Å². The lowest BCUT2D eigenvalue weighted by atomic mass is 10.1. The molecule has 0 aliphatic heterocycles. The second kappa shape index (κ2) is 10.5. The number of ether oxygens (including phenoxy) is 1. The van der Waals surface area contributed by atoms with E-state index in [1.165, 1.54) is 11.1 Å². The zero-order valence-corrected chi connectivity index (χ0v) is 15.4. The highest BCUT2D eigenvalue weighted by molar-refractivity contribution is 5.79. The number of nitrogens with zero attached hydrogens (tertiary/aromatic N) is 3. The highest BCUT2D eigenvalue weighted by Crippen LogP contribution is 2.15. The Balaban J connectivity index is 1.56. The van der Waals surface area contributed by atoms with E-state index < -0.39 is 0 Å². The molecule has 1 aromatic carbocycles. The minimum absolute atomic E-state index is 0.121. The molecule has 2 aromatic rings. The normalized spacial score (nSPS) is 12.8. The maximum Gasteiger partial charge on any atom is 0.191 e. The van der Waals surface area contributed by atoms with Gasteiger partial charge in [0.1, 0.15) is 0 Å². The van der Waals surface area contributed by atoms with Crippen LogP contribution in [-0.4, -0.2) is 42.5 Å². The predicted octanol–water partition coefficient (Wildman–Crippen LogP) is 2.52. The number of benzene rings is 1. The molecule has 136 valence electrons. The number of nitrogens with one attached hydrogen (secondary N) is 2. The van der Waals surface area contributed by atoms with E-state index in [1.807, 2.05) is 42.2 Å². The average molecular weight is 343 g/mol. The molecule has 6 nitrogen and oxygen atoms in total. The monoisotopic (exact) mass is 343 g/mol. The Bertz CT molecular complexity index is 638. The van der Waals surface area contributed by atoms with E-state index in [9.17, 15) is 0 Å². The van der Waals surface area contributed by atoms with E-state index in [1.54, 1.807) is 7.05 Å². The largest absolute Gasteiger partial charge is 0.374 e. The predicted molar refractivity (Wildman–Crippen MR) is 102 cm³/mol. The summed E-state index contributed by atoms with van der Waals surface area (Å²) in [6.45, 7) is 7.25. The lowest BCUT2D eigenvalue weighted by molar-refractivity contribution is 0.0646. The van der Waals surface area contributed by atoms with E-state index in [-0.39, 0.29) is 6.10 Å². The molecule has 0 amide bonds. The summed E-state index contributed by atoms with van der Waals surface area (Å²) in [6.07, 6.45) is 4.94. The van der Waals surface area contributed by atoms with E-state index in [0.717, 1.165) is 32.0 Å². The van der Waals surface area contributed by atoms with Crippen molar-refractivity contribution in [2.75, 3.05) is 26.7 Å². The number of aromatic nitrogens is 2. The molecule has 1 atom stereocenters. The van der Waals surface area contributed by atoms with Crippen molar-refractivity contribution in [3.05, 3.63) is 53.9 Å². The first-order valence-electron chi connectivity index (χ1n) is 8.79. The summed E-state index contributed by atoms with van der Waals surface area (Å²) >= 11 is 0.